The molecule has 1 amide bonds. The molecule has 1 aliphatic heterocycles. The maximum Gasteiger partial charge on any atom is 0.233 e. The van der Waals surface area contributed by atoms with Crippen LogP contribution in [0.4, 0.5) is 0 Å². The lowest BCUT2D eigenvalue weighted by atomic mass is 9.89. The zero-order valence-corrected chi connectivity index (χ0v) is 14.0. The molecule has 0 radical (unpaired) electrons. The molecule has 1 fully saturated rings. The molecule has 112 valence electrons. The second-order valence-corrected chi connectivity index (χ2v) is 8.51. The summed E-state index contributed by atoms with van der Waals surface area (Å²) in [6.45, 7) is 7.21. The van der Waals surface area contributed by atoms with Gasteiger partial charge in [0.05, 0.1) is 5.75 Å². The maximum absolute atomic E-state index is 12.1. The van der Waals surface area contributed by atoms with E-state index in [0.717, 1.165) is 19.4 Å². The van der Waals surface area contributed by atoms with Gasteiger partial charge in [-0.25, -0.2) is 0 Å². The van der Waals surface area contributed by atoms with Crippen LogP contribution >= 0.6 is 23.1 Å². The second-order valence-electron chi connectivity index (χ2n) is 6.12. The number of aliphatic hydroxyl groups is 1. The minimum atomic E-state index is -0.0507. The van der Waals surface area contributed by atoms with Gasteiger partial charge in [0.2, 0.25) is 5.91 Å². The van der Waals surface area contributed by atoms with Gasteiger partial charge in [-0.15, -0.1) is 23.1 Å². The molecule has 1 saturated heterocycles. The number of hydrogen-bond donors (Lipinski definition) is 1. The van der Waals surface area contributed by atoms with Crippen molar-refractivity contribution >= 4 is 29.0 Å². The summed E-state index contributed by atoms with van der Waals surface area (Å²) in [5, 5.41) is 9.48. The summed E-state index contributed by atoms with van der Waals surface area (Å²) < 4.78 is 0. The van der Waals surface area contributed by atoms with Crippen LogP contribution < -0.4 is 0 Å². The van der Waals surface area contributed by atoms with E-state index in [1.807, 2.05) is 4.90 Å². The minimum absolute atomic E-state index is 0.0507. The summed E-state index contributed by atoms with van der Waals surface area (Å²) in [7, 11) is 0. The number of hydrogen-bond acceptors (Lipinski definition) is 4. The quantitative estimate of drug-likeness (QED) is 0.875. The molecule has 2 heterocycles. The zero-order chi connectivity index (χ0) is 14.8. The van der Waals surface area contributed by atoms with Gasteiger partial charge in [-0.2, -0.15) is 0 Å². The van der Waals surface area contributed by atoms with Crippen LogP contribution in [0.1, 0.15) is 41.8 Å². The number of nitrogens with zero attached hydrogens (tertiary/aromatic N) is 1. The Bertz CT molecular complexity index is 470. The molecular formula is C15H23NO2S2. The molecule has 0 bridgehead atoms. The molecule has 20 heavy (non-hydrogen) atoms. The van der Waals surface area contributed by atoms with Crippen molar-refractivity contribution in [2.24, 2.45) is 5.41 Å². The standard InChI is InChI=1S/C15H23NO2S2/c1-11-5-6-12(20-11)14-16(13(18)9-19-14)8-4-7-15(2,3)10-17/h5-6,14,17H,4,7-10H2,1-3H3. The highest BCUT2D eigenvalue weighted by atomic mass is 32.2. The Hall–Kier alpha value is -0.520. The normalized spacial score (nSPS) is 19.9. The first kappa shape index (κ1) is 15.9. The maximum atomic E-state index is 12.1. The number of thiophene rings is 1. The van der Waals surface area contributed by atoms with Crippen LogP contribution in [0, 0.1) is 12.3 Å². The van der Waals surface area contributed by atoms with E-state index in [9.17, 15) is 9.90 Å². The number of amides is 1. The van der Waals surface area contributed by atoms with E-state index in [2.05, 4.69) is 32.9 Å². The summed E-state index contributed by atoms with van der Waals surface area (Å²) in [6, 6.07) is 4.26. The average Bonchev–Trinajstić information content (AvgIpc) is 2.97. The van der Waals surface area contributed by atoms with Crippen molar-refractivity contribution in [3.63, 3.8) is 0 Å². The Morgan fingerprint density at radius 1 is 1.45 bits per heavy atom. The Balaban J connectivity index is 1.96. The minimum Gasteiger partial charge on any atom is -0.396 e. The average molecular weight is 313 g/mol. The summed E-state index contributed by atoms with van der Waals surface area (Å²) in [5.41, 5.74) is -0.0507. The van der Waals surface area contributed by atoms with Crippen LogP contribution in [0.5, 0.6) is 0 Å². The highest BCUT2D eigenvalue weighted by Crippen LogP contribution is 2.41. The fourth-order valence-corrected chi connectivity index (χ4v) is 4.66. The number of aryl methyl sites for hydroxylation is 1. The fourth-order valence-electron chi connectivity index (χ4n) is 2.32. The third-order valence-electron chi connectivity index (χ3n) is 3.65. The van der Waals surface area contributed by atoms with Gasteiger partial charge in [0.1, 0.15) is 5.37 Å². The van der Waals surface area contributed by atoms with E-state index in [1.165, 1.54) is 9.75 Å². The first-order valence-electron chi connectivity index (χ1n) is 7.01. The van der Waals surface area contributed by atoms with Crippen LogP contribution in [0.2, 0.25) is 0 Å². The first-order valence-corrected chi connectivity index (χ1v) is 8.88. The zero-order valence-electron chi connectivity index (χ0n) is 12.4. The van der Waals surface area contributed by atoms with Crippen molar-refractivity contribution in [1.29, 1.82) is 0 Å². The van der Waals surface area contributed by atoms with E-state index in [-0.39, 0.29) is 23.3 Å². The molecule has 2 rings (SSSR count). The predicted molar refractivity (Wildman–Crippen MR) is 86.1 cm³/mol. The molecule has 0 spiro atoms. The monoisotopic (exact) mass is 313 g/mol. The van der Waals surface area contributed by atoms with E-state index >= 15 is 0 Å². The molecule has 1 N–H and O–H groups in total. The second kappa shape index (κ2) is 6.50. The molecule has 5 heteroatoms. The van der Waals surface area contributed by atoms with Crippen molar-refractivity contribution in [2.45, 2.75) is 39.0 Å². The van der Waals surface area contributed by atoms with Crippen molar-refractivity contribution in [1.82, 2.24) is 4.90 Å². The van der Waals surface area contributed by atoms with Gasteiger partial charge in [-0.1, -0.05) is 13.8 Å². The number of carbonyl (C=O) groups excluding carboxylic acids is 1. The third-order valence-corrected chi connectivity index (χ3v) is 6.09. The molecular weight excluding hydrogens is 290 g/mol. The molecule has 0 saturated carbocycles. The van der Waals surface area contributed by atoms with Crippen molar-refractivity contribution < 1.29 is 9.90 Å². The summed E-state index contributed by atoms with van der Waals surface area (Å²) in [4.78, 5) is 16.6. The summed E-state index contributed by atoms with van der Waals surface area (Å²) in [5.74, 6) is 0.832. The molecule has 0 aromatic carbocycles. The van der Waals surface area contributed by atoms with E-state index < -0.39 is 0 Å². The lowest BCUT2D eigenvalue weighted by Crippen LogP contribution is -2.30. The lowest BCUT2D eigenvalue weighted by molar-refractivity contribution is -0.128. The molecule has 0 aliphatic carbocycles. The van der Waals surface area contributed by atoms with Crippen molar-refractivity contribution in [3.8, 4) is 0 Å². The van der Waals surface area contributed by atoms with Gasteiger partial charge >= 0.3 is 0 Å². The van der Waals surface area contributed by atoms with Crippen molar-refractivity contribution in [2.75, 3.05) is 18.9 Å². The number of aliphatic hydroxyl groups excluding tert-OH is 1. The van der Waals surface area contributed by atoms with Gasteiger partial charge < -0.3 is 10.0 Å². The smallest absolute Gasteiger partial charge is 0.233 e. The van der Waals surface area contributed by atoms with E-state index in [1.54, 1.807) is 23.1 Å². The Morgan fingerprint density at radius 2 is 2.20 bits per heavy atom. The van der Waals surface area contributed by atoms with Gasteiger partial charge in [-0.05, 0) is 37.3 Å². The Labute approximate surface area is 129 Å². The molecule has 1 aromatic rings. The van der Waals surface area contributed by atoms with Crippen LogP contribution in [0.3, 0.4) is 0 Å². The molecule has 1 atom stereocenters. The van der Waals surface area contributed by atoms with Crippen LogP contribution in [-0.2, 0) is 4.79 Å². The highest BCUT2D eigenvalue weighted by Gasteiger charge is 2.33. The van der Waals surface area contributed by atoms with Crippen LogP contribution in [-0.4, -0.2) is 34.8 Å². The third kappa shape index (κ3) is 3.77. The number of rotatable bonds is 6. The molecule has 1 aromatic heterocycles. The van der Waals surface area contributed by atoms with Gasteiger partial charge in [-0.3, -0.25) is 4.79 Å². The largest absolute Gasteiger partial charge is 0.396 e. The first-order chi connectivity index (χ1) is 9.43. The fraction of sp³-hybridized carbons (Fsp3) is 0.667. The van der Waals surface area contributed by atoms with Crippen LogP contribution in [0.25, 0.3) is 0 Å². The van der Waals surface area contributed by atoms with Crippen LogP contribution in [0.15, 0.2) is 12.1 Å². The van der Waals surface area contributed by atoms with Crippen molar-refractivity contribution in [3.05, 3.63) is 21.9 Å². The van der Waals surface area contributed by atoms with E-state index in [0.29, 0.717) is 5.75 Å². The molecule has 3 nitrogen and oxygen atoms in total. The SMILES string of the molecule is Cc1ccc(C2SCC(=O)N2CCCC(C)(C)CO)s1. The Kier molecular flexibility index (Phi) is 5.15. The van der Waals surface area contributed by atoms with Gasteiger partial charge in [0.25, 0.3) is 0 Å². The van der Waals surface area contributed by atoms with Gasteiger partial charge in [0.15, 0.2) is 0 Å². The van der Waals surface area contributed by atoms with Gasteiger partial charge in [0, 0.05) is 22.9 Å². The summed E-state index contributed by atoms with van der Waals surface area (Å²) >= 11 is 3.51. The molecule has 1 aliphatic rings. The number of carbonyl (C=O) groups is 1. The Morgan fingerprint density at radius 3 is 2.80 bits per heavy atom. The van der Waals surface area contributed by atoms with E-state index in [4.69, 9.17) is 0 Å². The topological polar surface area (TPSA) is 40.5 Å². The highest BCUT2D eigenvalue weighted by molar-refractivity contribution is 8.00. The predicted octanol–water partition coefficient (Wildman–Crippen LogP) is 3.43. The summed E-state index contributed by atoms with van der Waals surface area (Å²) in [6.07, 6.45) is 1.88. The number of thioether (sulfide) groups is 1. The molecule has 1 unspecified atom stereocenters. The lowest BCUT2D eigenvalue weighted by Gasteiger charge is -2.26.